The molecule has 0 aliphatic rings. The molecule has 2 atom stereocenters. The van der Waals surface area contributed by atoms with Gasteiger partial charge in [0.1, 0.15) is 6.07 Å². The van der Waals surface area contributed by atoms with E-state index in [0.717, 1.165) is 28.7 Å². The van der Waals surface area contributed by atoms with E-state index in [0.29, 0.717) is 0 Å². The van der Waals surface area contributed by atoms with Crippen LogP contribution in [0.15, 0.2) is 54.9 Å². The Bertz CT molecular complexity index is 1190. The number of pyridine rings is 2. The van der Waals surface area contributed by atoms with Crippen LogP contribution >= 0.6 is 0 Å². The second-order valence-corrected chi connectivity index (χ2v) is 9.57. The molecular weight excluding hydrogens is 415 g/mol. The van der Waals surface area contributed by atoms with Crippen LogP contribution in [-0.2, 0) is 0 Å². The summed E-state index contributed by atoms with van der Waals surface area (Å²) in [5.74, 6) is -0.205. The molecule has 6 nitrogen and oxygen atoms in total. The lowest BCUT2D eigenvalue weighted by Crippen LogP contribution is -2.40. The molecule has 1 unspecified atom stereocenters. The Hall–Kier alpha value is -3.66. The lowest BCUT2D eigenvalue weighted by molar-refractivity contribution is 0.388. The summed E-state index contributed by atoms with van der Waals surface area (Å²) in [6.45, 7) is 14.5. The number of hydrogen-bond donors (Lipinski definition) is 3. The summed E-state index contributed by atoms with van der Waals surface area (Å²) >= 11 is 0. The lowest BCUT2D eigenvalue weighted by Gasteiger charge is -2.28. The molecule has 0 spiro atoms. The van der Waals surface area contributed by atoms with E-state index < -0.39 is 5.82 Å². The summed E-state index contributed by atoms with van der Waals surface area (Å²) in [5.41, 5.74) is 2.78. The van der Waals surface area contributed by atoms with Gasteiger partial charge in [0.2, 0.25) is 0 Å². The maximum absolute atomic E-state index is 14.7. The molecule has 33 heavy (non-hydrogen) atoms. The zero-order chi connectivity index (χ0) is 24.2. The number of nitrogens with zero attached hydrogens (tertiary/aromatic N) is 3. The minimum absolute atomic E-state index is 0.0129. The number of anilines is 3. The van der Waals surface area contributed by atoms with Gasteiger partial charge in [-0.2, -0.15) is 5.26 Å². The summed E-state index contributed by atoms with van der Waals surface area (Å²) < 4.78 is 14.7. The highest BCUT2D eigenvalue weighted by molar-refractivity contribution is 5.83. The number of nitriles is 1. The first-order valence-electron chi connectivity index (χ1n) is 11.0. The topological polar surface area (TPSA) is 85.7 Å². The second kappa shape index (κ2) is 9.86. The summed E-state index contributed by atoms with van der Waals surface area (Å²) in [6.07, 6.45) is 2.57. The summed E-state index contributed by atoms with van der Waals surface area (Å²) in [6, 6.07) is 12.5. The Morgan fingerprint density at radius 1 is 1.15 bits per heavy atom. The number of allylic oxidation sites excluding steroid dienone is 1. The quantitative estimate of drug-likeness (QED) is 0.387. The van der Waals surface area contributed by atoms with E-state index in [1.807, 2.05) is 50.2 Å². The zero-order valence-electron chi connectivity index (χ0n) is 19.8. The molecule has 2 aromatic heterocycles. The van der Waals surface area contributed by atoms with E-state index in [2.05, 4.69) is 53.3 Å². The van der Waals surface area contributed by atoms with Crippen molar-refractivity contribution in [1.82, 2.24) is 15.3 Å². The monoisotopic (exact) mass is 446 g/mol. The van der Waals surface area contributed by atoms with E-state index in [4.69, 9.17) is 0 Å². The minimum atomic E-state index is -0.577. The molecule has 0 saturated carbocycles. The van der Waals surface area contributed by atoms with Crippen LogP contribution in [0.25, 0.3) is 10.9 Å². The molecule has 0 fully saturated rings. The van der Waals surface area contributed by atoms with Crippen LogP contribution in [0, 0.1) is 22.6 Å². The van der Waals surface area contributed by atoms with Gasteiger partial charge in [-0.25, -0.2) is 9.37 Å². The molecule has 0 amide bonds. The number of nitrogens with one attached hydrogen (secondary N) is 3. The van der Waals surface area contributed by atoms with Crippen LogP contribution in [0.3, 0.4) is 0 Å². The van der Waals surface area contributed by atoms with Crippen LogP contribution in [0.5, 0.6) is 0 Å². The summed E-state index contributed by atoms with van der Waals surface area (Å²) in [5, 5.41) is 20.1. The van der Waals surface area contributed by atoms with Gasteiger partial charge in [-0.1, -0.05) is 33.4 Å². The molecule has 1 aromatic carbocycles. The minimum Gasteiger partial charge on any atom is -0.384 e. The van der Waals surface area contributed by atoms with Gasteiger partial charge in [0, 0.05) is 35.1 Å². The molecular formula is C26H31FN6. The van der Waals surface area contributed by atoms with Gasteiger partial charge in [-0.15, -0.1) is 0 Å². The maximum Gasteiger partial charge on any atom is 0.166 e. The lowest BCUT2D eigenvalue weighted by atomic mass is 9.90. The van der Waals surface area contributed by atoms with E-state index in [-0.39, 0.29) is 34.7 Å². The molecule has 172 valence electrons. The standard InChI is InChI=1S/C26H31FN6/c1-16(14-26(4,5)6)30-17(2)18(3)31-25-22(27)13-20(15-28)24(33-25)32-21-9-10-23-19(12-21)8-7-11-29-23/h7-13,17-18,30H,1,14H2,2-6H3,(H2,31,32,33)/t17-,18?/m0/s1. The molecule has 2 heterocycles. The number of rotatable bonds is 8. The highest BCUT2D eigenvalue weighted by atomic mass is 19.1. The first kappa shape index (κ1) is 24.0. The average Bonchev–Trinajstić information content (AvgIpc) is 2.74. The summed E-state index contributed by atoms with van der Waals surface area (Å²) in [4.78, 5) is 8.70. The first-order valence-corrected chi connectivity index (χ1v) is 11.0. The Morgan fingerprint density at radius 3 is 2.61 bits per heavy atom. The molecule has 0 aliphatic carbocycles. The van der Waals surface area contributed by atoms with Crippen molar-refractivity contribution in [1.29, 1.82) is 5.26 Å². The number of halogens is 1. The Kier molecular flexibility index (Phi) is 7.17. The predicted molar refractivity (Wildman–Crippen MR) is 133 cm³/mol. The molecule has 0 aliphatic heterocycles. The van der Waals surface area contributed by atoms with Gasteiger partial charge in [0.05, 0.1) is 11.1 Å². The Balaban J connectivity index is 1.78. The molecule has 3 aromatic rings. The van der Waals surface area contributed by atoms with Gasteiger partial charge >= 0.3 is 0 Å². The number of aromatic nitrogens is 2. The van der Waals surface area contributed by atoms with Crippen LogP contribution in [-0.4, -0.2) is 22.1 Å². The van der Waals surface area contributed by atoms with Gasteiger partial charge in [0.25, 0.3) is 0 Å². The number of hydrogen-bond acceptors (Lipinski definition) is 6. The van der Waals surface area contributed by atoms with Crippen molar-refractivity contribution in [3.8, 4) is 6.07 Å². The molecule has 0 bridgehead atoms. The third-order valence-electron chi connectivity index (χ3n) is 5.25. The fraction of sp³-hybridized carbons (Fsp3) is 0.346. The van der Waals surface area contributed by atoms with Gasteiger partial charge in [0.15, 0.2) is 17.5 Å². The zero-order valence-corrected chi connectivity index (χ0v) is 19.8. The van der Waals surface area contributed by atoms with Crippen LogP contribution < -0.4 is 16.0 Å². The highest BCUT2D eigenvalue weighted by Crippen LogP contribution is 2.26. The van der Waals surface area contributed by atoms with Crippen LogP contribution in [0.4, 0.5) is 21.7 Å². The van der Waals surface area contributed by atoms with Crippen molar-refractivity contribution in [2.45, 2.75) is 53.1 Å². The molecule has 0 radical (unpaired) electrons. The predicted octanol–water partition coefficient (Wildman–Crippen LogP) is 6.11. The van der Waals surface area contributed by atoms with Crippen LogP contribution in [0.2, 0.25) is 0 Å². The first-order chi connectivity index (χ1) is 15.6. The van der Waals surface area contributed by atoms with Crippen LogP contribution in [0.1, 0.15) is 46.6 Å². The molecule has 7 heteroatoms. The Labute approximate surface area is 195 Å². The van der Waals surface area contributed by atoms with Crippen molar-refractivity contribution in [3.63, 3.8) is 0 Å². The Morgan fingerprint density at radius 2 is 1.91 bits per heavy atom. The van der Waals surface area contributed by atoms with Crippen molar-refractivity contribution in [2.24, 2.45) is 5.41 Å². The van der Waals surface area contributed by atoms with Crippen molar-refractivity contribution in [3.05, 3.63) is 66.3 Å². The SMILES string of the molecule is C=C(CC(C)(C)C)N[C@@H](C)C(C)Nc1nc(Nc2ccc3ncccc3c2)c(C#N)cc1F. The van der Waals surface area contributed by atoms with E-state index in [9.17, 15) is 9.65 Å². The average molecular weight is 447 g/mol. The smallest absolute Gasteiger partial charge is 0.166 e. The van der Waals surface area contributed by atoms with Gasteiger partial charge in [-0.3, -0.25) is 4.98 Å². The van der Waals surface area contributed by atoms with Crippen molar-refractivity contribution < 1.29 is 4.39 Å². The van der Waals surface area contributed by atoms with Gasteiger partial charge in [-0.05, 0) is 56.0 Å². The second-order valence-electron chi connectivity index (χ2n) is 9.57. The largest absolute Gasteiger partial charge is 0.384 e. The van der Waals surface area contributed by atoms with E-state index in [1.165, 1.54) is 6.07 Å². The van der Waals surface area contributed by atoms with E-state index in [1.54, 1.807) is 6.20 Å². The third kappa shape index (κ3) is 6.42. The normalized spacial score (nSPS) is 13.1. The molecule has 3 rings (SSSR count). The fourth-order valence-corrected chi connectivity index (χ4v) is 3.54. The summed E-state index contributed by atoms with van der Waals surface area (Å²) in [7, 11) is 0. The van der Waals surface area contributed by atoms with Crippen molar-refractivity contribution >= 4 is 28.2 Å². The number of fused-ring (bicyclic) bond motifs is 1. The molecule has 3 N–H and O–H groups in total. The fourth-order valence-electron chi connectivity index (χ4n) is 3.54. The highest BCUT2D eigenvalue weighted by Gasteiger charge is 2.19. The third-order valence-corrected chi connectivity index (χ3v) is 5.25. The van der Waals surface area contributed by atoms with Crippen molar-refractivity contribution in [2.75, 3.05) is 10.6 Å². The van der Waals surface area contributed by atoms with E-state index >= 15 is 0 Å². The maximum atomic E-state index is 14.7. The number of benzene rings is 1. The molecule has 0 saturated heterocycles. The van der Waals surface area contributed by atoms with Gasteiger partial charge < -0.3 is 16.0 Å².